The standard InChI is InChI=1S/C9H10N2S.C2H6/c1-6-7(2)11-4-3-8(12)5-9(11)10-6;1-2/h3-5,10H,1-2H3;1-2H3. The van der Waals surface area contributed by atoms with E-state index in [1.54, 1.807) is 0 Å². The molecule has 0 aliphatic rings. The molecule has 0 atom stereocenters. The molecule has 0 saturated heterocycles. The number of rotatable bonds is 0. The van der Waals surface area contributed by atoms with E-state index in [1.807, 2.05) is 32.2 Å². The molecule has 0 aliphatic carbocycles. The zero-order valence-electron chi connectivity index (χ0n) is 9.09. The summed E-state index contributed by atoms with van der Waals surface area (Å²) in [5.74, 6) is 0. The van der Waals surface area contributed by atoms with Crippen LogP contribution in [0, 0.1) is 18.4 Å². The third-order valence-corrected chi connectivity index (χ3v) is 2.40. The summed E-state index contributed by atoms with van der Waals surface area (Å²) in [6.45, 7) is 8.15. The summed E-state index contributed by atoms with van der Waals surface area (Å²) in [5, 5.41) is 0. The summed E-state index contributed by atoms with van der Waals surface area (Å²) in [6, 6.07) is 3.90. The molecule has 0 saturated carbocycles. The van der Waals surface area contributed by atoms with Crippen molar-refractivity contribution in [2.45, 2.75) is 27.7 Å². The van der Waals surface area contributed by atoms with Gasteiger partial charge in [-0.3, -0.25) is 0 Å². The molecule has 0 bridgehead atoms. The highest BCUT2D eigenvalue weighted by Crippen LogP contribution is 2.10. The third kappa shape index (κ3) is 1.87. The molecule has 0 spiro atoms. The Labute approximate surface area is 89.6 Å². The van der Waals surface area contributed by atoms with Crippen molar-refractivity contribution in [2.75, 3.05) is 0 Å². The van der Waals surface area contributed by atoms with Crippen LogP contribution in [0.3, 0.4) is 0 Å². The van der Waals surface area contributed by atoms with Crippen molar-refractivity contribution in [1.29, 1.82) is 0 Å². The summed E-state index contributed by atoms with van der Waals surface area (Å²) in [7, 11) is 0. The summed E-state index contributed by atoms with van der Waals surface area (Å²) < 4.78 is 2.97. The molecular weight excluding hydrogens is 192 g/mol. The van der Waals surface area contributed by atoms with Gasteiger partial charge in [-0.05, 0) is 26.0 Å². The monoisotopic (exact) mass is 208 g/mol. The molecule has 3 heteroatoms. The molecule has 14 heavy (non-hydrogen) atoms. The Morgan fingerprint density at radius 3 is 2.57 bits per heavy atom. The smallest absolute Gasteiger partial charge is 0.115 e. The summed E-state index contributed by atoms with van der Waals surface area (Å²) in [4.78, 5) is 3.26. The molecule has 0 radical (unpaired) electrons. The maximum atomic E-state index is 5.06. The van der Waals surface area contributed by atoms with Crippen molar-refractivity contribution in [3.63, 3.8) is 0 Å². The highest BCUT2D eigenvalue weighted by atomic mass is 32.1. The van der Waals surface area contributed by atoms with Gasteiger partial charge in [-0.1, -0.05) is 26.1 Å². The number of aromatic nitrogens is 2. The number of nitrogens with zero attached hydrogens (tertiary/aromatic N) is 1. The van der Waals surface area contributed by atoms with Gasteiger partial charge in [0, 0.05) is 22.1 Å². The van der Waals surface area contributed by atoms with Crippen molar-refractivity contribution in [2.24, 2.45) is 0 Å². The number of aromatic amines is 1. The van der Waals surface area contributed by atoms with E-state index >= 15 is 0 Å². The van der Waals surface area contributed by atoms with Gasteiger partial charge in [0.25, 0.3) is 0 Å². The largest absolute Gasteiger partial charge is 0.344 e. The van der Waals surface area contributed by atoms with Gasteiger partial charge >= 0.3 is 0 Å². The first-order valence-electron chi connectivity index (χ1n) is 4.86. The van der Waals surface area contributed by atoms with Gasteiger partial charge in [-0.2, -0.15) is 0 Å². The topological polar surface area (TPSA) is 20.2 Å². The molecular formula is C11H16N2S. The Kier molecular flexibility index (Phi) is 3.47. The summed E-state index contributed by atoms with van der Waals surface area (Å²) >= 11 is 5.06. The molecule has 0 unspecified atom stereocenters. The second kappa shape index (κ2) is 4.42. The predicted octanol–water partition coefficient (Wildman–Crippen LogP) is 3.64. The van der Waals surface area contributed by atoms with Gasteiger partial charge in [0.2, 0.25) is 0 Å². The molecule has 0 amide bonds. The lowest BCUT2D eigenvalue weighted by molar-refractivity contribution is 1.09. The molecule has 76 valence electrons. The Bertz CT molecular complexity index is 479. The molecule has 2 heterocycles. The maximum Gasteiger partial charge on any atom is 0.115 e. The average Bonchev–Trinajstić information content (AvgIpc) is 2.45. The minimum Gasteiger partial charge on any atom is -0.344 e. The predicted molar refractivity (Wildman–Crippen MR) is 63.4 cm³/mol. The van der Waals surface area contributed by atoms with Gasteiger partial charge < -0.3 is 9.38 Å². The molecule has 2 rings (SSSR count). The minimum absolute atomic E-state index is 0.872. The van der Waals surface area contributed by atoms with Gasteiger partial charge in [0.15, 0.2) is 0 Å². The quantitative estimate of drug-likeness (QED) is 0.655. The molecule has 0 fully saturated rings. The van der Waals surface area contributed by atoms with Gasteiger partial charge in [-0.15, -0.1) is 0 Å². The molecule has 1 N–H and O–H groups in total. The van der Waals surface area contributed by atoms with Crippen LogP contribution in [0.4, 0.5) is 0 Å². The van der Waals surface area contributed by atoms with E-state index in [4.69, 9.17) is 12.2 Å². The number of H-pyrrole nitrogens is 1. The van der Waals surface area contributed by atoms with Crippen LogP contribution in [0.15, 0.2) is 18.3 Å². The highest BCUT2D eigenvalue weighted by Gasteiger charge is 1.99. The first-order chi connectivity index (χ1) is 6.68. The van der Waals surface area contributed by atoms with Crippen molar-refractivity contribution < 1.29 is 0 Å². The molecule has 2 aromatic heterocycles. The molecule has 0 aliphatic heterocycles. The number of nitrogens with one attached hydrogen (secondary N) is 1. The number of imidazole rings is 1. The number of fused-ring (bicyclic) bond motifs is 1. The van der Waals surface area contributed by atoms with E-state index in [0.717, 1.165) is 10.2 Å². The second-order valence-corrected chi connectivity index (χ2v) is 3.42. The van der Waals surface area contributed by atoms with Crippen molar-refractivity contribution >= 4 is 17.9 Å². The van der Waals surface area contributed by atoms with E-state index in [0.29, 0.717) is 0 Å². The third-order valence-electron chi connectivity index (χ3n) is 2.15. The number of aryl methyl sites for hydroxylation is 2. The lowest BCUT2D eigenvalue weighted by Gasteiger charge is -1.93. The second-order valence-electron chi connectivity index (χ2n) is 2.95. The Hall–Kier alpha value is -1.09. The number of hydrogen-bond donors (Lipinski definition) is 1. The number of hydrogen-bond acceptors (Lipinski definition) is 1. The Morgan fingerprint density at radius 1 is 1.29 bits per heavy atom. The lowest BCUT2D eigenvalue weighted by Crippen LogP contribution is -1.85. The normalized spacial score (nSPS) is 9.71. The SMILES string of the molecule is CC.Cc1[nH]c2cc(=S)ccn2c1C. The first-order valence-corrected chi connectivity index (χ1v) is 5.27. The molecule has 2 nitrogen and oxygen atoms in total. The fourth-order valence-corrected chi connectivity index (χ4v) is 1.51. The van der Waals surface area contributed by atoms with Crippen LogP contribution in [0.2, 0.25) is 0 Å². The Morgan fingerprint density at radius 2 is 1.93 bits per heavy atom. The molecule has 2 aromatic rings. The van der Waals surface area contributed by atoms with Crippen molar-refractivity contribution in [3.05, 3.63) is 34.2 Å². The van der Waals surface area contributed by atoms with E-state index in [1.165, 1.54) is 11.4 Å². The van der Waals surface area contributed by atoms with Crippen LogP contribution in [0.5, 0.6) is 0 Å². The van der Waals surface area contributed by atoms with Crippen LogP contribution in [0.1, 0.15) is 25.2 Å². The van der Waals surface area contributed by atoms with Crippen molar-refractivity contribution in [1.82, 2.24) is 9.38 Å². The maximum absolute atomic E-state index is 5.06. The summed E-state index contributed by atoms with van der Waals surface area (Å²) in [5.41, 5.74) is 3.49. The lowest BCUT2D eigenvalue weighted by atomic mass is 10.4. The van der Waals surface area contributed by atoms with E-state index in [9.17, 15) is 0 Å². The fraction of sp³-hybridized carbons (Fsp3) is 0.364. The van der Waals surface area contributed by atoms with Gasteiger partial charge in [0.1, 0.15) is 5.65 Å². The number of pyridine rings is 1. The van der Waals surface area contributed by atoms with Crippen LogP contribution >= 0.6 is 12.2 Å². The van der Waals surface area contributed by atoms with E-state index in [2.05, 4.69) is 23.2 Å². The Balaban J connectivity index is 0.000000461. The van der Waals surface area contributed by atoms with Crippen LogP contribution in [-0.2, 0) is 0 Å². The fourth-order valence-electron chi connectivity index (χ4n) is 1.33. The molecule has 0 aromatic carbocycles. The first kappa shape index (κ1) is 11.0. The van der Waals surface area contributed by atoms with Gasteiger partial charge in [-0.25, -0.2) is 0 Å². The van der Waals surface area contributed by atoms with Gasteiger partial charge in [0.05, 0.1) is 0 Å². The highest BCUT2D eigenvalue weighted by molar-refractivity contribution is 7.71. The van der Waals surface area contributed by atoms with Crippen molar-refractivity contribution in [3.8, 4) is 0 Å². The average molecular weight is 208 g/mol. The van der Waals surface area contributed by atoms with E-state index < -0.39 is 0 Å². The zero-order valence-corrected chi connectivity index (χ0v) is 9.90. The van der Waals surface area contributed by atoms with Crippen LogP contribution < -0.4 is 0 Å². The summed E-state index contributed by atoms with van der Waals surface area (Å²) in [6.07, 6.45) is 2.00. The van der Waals surface area contributed by atoms with E-state index in [-0.39, 0.29) is 0 Å². The van der Waals surface area contributed by atoms with Crippen LogP contribution in [-0.4, -0.2) is 9.38 Å². The zero-order chi connectivity index (χ0) is 10.7. The minimum atomic E-state index is 0.872. The van der Waals surface area contributed by atoms with Crippen LogP contribution in [0.25, 0.3) is 5.65 Å².